The average molecular weight is 362 g/mol. The average Bonchev–Trinajstić information content (AvgIpc) is 2.72. The minimum absolute atomic E-state index is 0.636. The van der Waals surface area contributed by atoms with Gasteiger partial charge in [0, 0.05) is 14.9 Å². The van der Waals surface area contributed by atoms with E-state index in [0.29, 0.717) is 4.34 Å². The van der Waals surface area contributed by atoms with Crippen molar-refractivity contribution in [1.29, 1.82) is 0 Å². The second-order valence-corrected chi connectivity index (χ2v) is 6.84. The summed E-state index contributed by atoms with van der Waals surface area (Å²) in [5, 5.41) is 10.5. The molecule has 0 saturated carbocycles. The normalized spacial score (nSPS) is 12.5. The zero-order valence-corrected chi connectivity index (χ0v) is 14.0. The molecule has 102 valence electrons. The maximum atomic E-state index is 10.5. The van der Waals surface area contributed by atoms with Crippen LogP contribution >= 0.6 is 38.9 Å². The van der Waals surface area contributed by atoms with Crippen LogP contribution in [0, 0.1) is 13.8 Å². The molecule has 0 fully saturated rings. The van der Waals surface area contributed by atoms with Crippen LogP contribution in [0.1, 0.15) is 27.7 Å². The number of thiophene rings is 1. The van der Waals surface area contributed by atoms with Crippen molar-refractivity contribution >= 4 is 38.9 Å². The fraction of sp³-hybridized carbons (Fsp3) is 0.286. The summed E-state index contributed by atoms with van der Waals surface area (Å²) < 4.78 is 6.87. The highest BCUT2D eigenvalue weighted by Gasteiger charge is 2.20. The molecule has 2 nitrogen and oxygen atoms in total. The first kappa shape index (κ1) is 14.9. The van der Waals surface area contributed by atoms with Crippen molar-refractivity contribution < 1.29 is 9.84 Å². The van der Waals surface area contributed by atoms with Crippen molar-refractivity contribution in [2.24, 2.45) is 0 Å². The van der Waals surface area contributed by atoms with Gasteiger partial charge in [0.05, 0.1) is 7.11 Å². The highest BCUT2D eigenvalue weighted by atomic mass is 79.9. The summed E-state index contributed by atoms with van der Waals surface area (Å²) in [6, 6.07) is 5.72. The number of halogens is 2. The molecule has 0 aliphatic carbocycles. The van der Waals surface area contributed by atoms with E-state index < -0.39 is 6.10 Å². The van der Waals surface area contributed by atoms with Crippen LogP contribution in [0.15, 0.2) is 22.7 Å². The SMILES string of the molecule is COc1c(C(O)c2cc(Br)c(Cl)s2)ccc(C)c1C. The van der Waals surface area contributed by atoms with E-state index in [9.17, 15) is 5.11 Å². The molecule has 0 saturated heterocycles. The Hall–Kier alpha value is -0.550. The minimum Gasteiger partial charge on any atom is -0.496 e. The quantitative estimate of drug-likeness (QED) is 0.845. The van der Waals surface area contributed by atoms with E-state index in [0.717, 1.165) is 31.8 Å². The predicted molar refractivity (Wildman–Crippen MR) is 83.6 cm³/mol. The van der Waals surface area contributed by atoms with Crippen LogP contribution in [0.4, 0.5) is 0 Å². The van der Waals surface area contributed by atoms with Gasteiger partial charge in [-0.2, -0.15) is 0 Å². The zero-order chi connectivity index (χ0) is 14.2. The van der Waals surface area contributed by atoms with Crippen LogP contribution < -0.4 is 4.74 Å². The van der Waals surface area contributed by atoms with E-state index in [1.54, 1.807) is 7.11 Å². The Morgan fingerprint density at radius 3 is 2.58 bits per heavy atom. The van der Waals surface area contributed by atoms with E-state index in [2.05, 4.69) is 15.9 Å². The van der Waals surface area contributed by atoms with Gasteiger partial charge in [0.15, 0.2) is 0 Å². The molecule has 2 aromatic rings. The van der Waals surface area contributed by atoms with Crippen molar-refractivity contribution in [3.05, 3.63) is 48.6 Å². The Kier molecular flexibility index (Phi) is 4.56. The third kappa shape index (κ3) is 2.82. The molecular formula is C14H14BrClO2S. The van der Waals surface area contributed by atoms with E-state index in [-0.39, 0.29) is 0 Å². The molecule has 0 amide bonds. The fourth-order valence-corrected chi connectivity index (χ4v) is 3.69. The standard InChI is InChI=1S/C14H14BrClO2S/c1-7-4-5-9(13(18-3)8(7)2)12(17)11-6-10(15)14(16)19-11/h4-6,12,17H,1-3H3. The summed E-state index contributed by atoms with van der Waals surface area (Å²) in [5.41, 5.74) is 2.94. The van der Waals surface area contributed by atoms with Crippen LogP contribution in [0.25, 0.3) is 0 Å². The number of ether oxygens (including phenoxy) is 1. The lowest BCUT2D eigenvalue weighted by Crippen LogP contribution is -2.03. The van der Waals surface area contributed by atoms with Gasteiger partial charge in [-0.25, -0.2) is 0 Å². The summed E-state index contributed by atoms with van der Waals surface area (Å²) in [4.78, 5) is 0.790. The summed E-state index contributed by atoms with van der Waals surface area (Å²) in [7, 11) is 1.62. The predicted octanol–water partition coefficient (Wildman–Crippen LogP) is 4.87. The number of hydrogen-bond donors (Lipinski definition) is 1. The Morgan fingerprint density at radius 2 is 2.05 bits per heavy atom. The van der Waals surface area contributed by atoms with Gasteiger partial charge in [-0.15, -0.1) is 11.3 Å². The lowest BCUT2D eigenvalue weighted by atomic mass is 10.00. The van der Waals surface area contributed by atoms with Gasteiger partial charge in [0.2, 0.25) is 0 Å². The lowest BCUT2D eigenvalue weighted by molar-refractivity contribution is 0.218. The van der Waals surface area contributed by atoms with Gasteiger partial charge in [-0.1, -0.05) is 23.7 Å². The topological polar surface area (TPSA) is 29.5 Å². The maximum absolute atomic E-state index is 10.5. The molecule has 0 aliphatic heterocycles. The van der Waals surface area contributed by atoms with Gasteiger partial charge < -0.3 is 9.84 Å². The smallest absolute Gasteiger partial charge is 0.128 e. The zero-order valence-electron chi connectivity index (χ0n) is 10.8. The van der Waals surface area contributed by atoms with E-state index in [1.807, 2.05) is 32.0 Å². The largest absolute Gasteiger partial charge is 0.496 e. The molecule has 5 heteroatoms. The molecule has 1 unspecified atom stereocenters. The van der Waals surface area contributed by atoms with Crippen LogP contribution in [-0.2, 0) is 0 Å². The third-order valence-electron chi connectivity index (χ3n) is 3.14. The Bertz CT molecular complexity index is 590. The van der Waals surface area contributed by atoms with Crippen LogP contribution in [0.3, 0.4) is 0 Å². The molecule has 2 rings (SSSR count). The van der Waals surface area contributed by atoms with Gasteiger partial charge in [0.25, 0.3) is 0 Å². The van der Waals surface area contributed by atoms with Gasteiger partial charge in [-0.3, -0.25) is 0 Å². The molecule has 0 radical (unpaired) electrons. The number of benzene rings is 1. The third-order valence-corrected chi connectivity index (χ3v) is 5.67. The van der Waals surface area contributed by atoms with Crippen molar-refractivity contribution in [3.63, 3.8) is 0 Å². The lowest BCUT2D eigenvalue weighted by Gasteiger charge is -2.17. The van der Waals surface area contributed by atoms with Crippen LogP contribution in [-0.4, -0.2) is 12.2 Å². The van der Waals surface area contributed by atoms with Crippen LogP contribution in [0.5, 0.6) is 5.75 Å². The van der Waals surface area contributed by atoms with Gasteiger partial charge >= 0.3 is 0 Å². The van der Waals surface area contributed by atoms with Crippen molar-refractivity contribution in [1.82, 2.24) is 0 Å². The van der Waals surface area contributed by atoms with Gasteiger partial charge in [-0.05, 0) is 47.0 Å². The van der Waals surface area contributed by atoms with E-state index in [4.69, 9.17) is 16.3 Å². The summed E-state index contributed by atoms with van der Waals surface area (Å²) in [6.45, 7) is 4.01. The van der Waals surface area contributed by atoms with Crippen molar-refractivity contribution in [2.75, 3.05) is 7.11 Å². The number of methoxy groups -OCH3 is 1. The monoisotopic (exact) mass is 360 g/mol. The van der Waals surface area contributed by atoms with Gasteiger partial charge in [0.1, 0.15) is 16.2 Å². The Labute approximate surface area is 130 Å². The van der Waals surface area contributed by atoms with Crippen LogP contribution in [0.2, 0.25) is 4.34 Å². The van der Waals surface area contributed by atoms with Crippen molar-refractivity contribution in [3.8, 4) is 5.75 Å². The summed E-state index contributed by atoms with van der Waals surface area (Å²) >= 11 is 10.7. The van der Waals surface area contributed by atoms with E-state index >= 15 is 0 Å². The molecule has 1 N–H and O–H groups in total. The molecule has 19 heavy (non-hydrogen) atoms. The summed E-state index contributed by atoms with van der Waals surface area (Å²) in [6.07, 6.45) is -0.733. The molecule has 0 aliphatic rings. The summed E-state index contributed by atoms with van der Waals surface area (Å²) in [5.74, 6) is 0.730. The minimum atomic E-state index is -0.733. The highest BCUT2D eigenvalue weighted by molar-refractivity contribution is 9.10. The first-order valence-electron chi connectivity index (χ1n) is 5.72. The van der Waals surface area contributed by atoms with E-state index in [1.165, 1.54) is 11.3 Å². The Balaban J connectivity index is 2.49. The Morgan fingerprint density at radius 1 is 1.37 bits per heavy atom. The molecule has 0 bridgehead atoms. The molecule has 0 spiro atoms. The number of aryl methyl sites for hydroxylation is 1. The highest BCUT2D eigenvalue weighted by Crippen LogP contribution is 2.40. The maximum Gasteiger partial charge on any atom is 0.128 e. The fourth-order valence-electron chi connectivity index (χ4n) is 1.95. The second kappa shape index (κ2) is 5.83. The number of aliphatic hydroxyl groups is 1. The molecule has 1 aromatic carbocycles. The molecule has 1 heterocycles. The first-order chi connectivity index (χ1) is 8.95. The number of hydrogen-bond acceptors (Lipinski definition) is 3. The number of aliphatic hydroxyl groups excluding tert-OH is 1. The molecule has 1 aromatic heterocycles. The second-order valence-electron chi connectivity index (χ2n) is 4.30. The first-order valence-corrected chi connectivity index (χ1v) is 7.71. The molecule has 1 atom stereocenters. The van der Waals surface area contributed by atoms with Crippen molar-refractivity contribution in [2.45, 2.75) is 20.0 Å². The molecular weight excluding hydrogens is 348 g/mol. The number of rotatable bonds is 3.